The van der Waals surface area contributed by atoms with Crippen LogP contribution in [0.4, 0.5) is 0 Å². The Hall–Kier alpha value is -1.02. The van der Waals surface area contributed by atoms with Crippen molar-refractivity contribution in [1.29, 1.82) is 0 Å². The molecule has 1 unspecified atom stereocenters. The maximum absolute atomic E-state index is 11.4. The van der Waals surface area contributed by atoms with Crippen LogP contribution in [0.5, 0.6) is 0 Å². The molecule has 2 nitrogen and oxygen atoms in total. The van der Waals surface area contributed by atoms with Crippen molar-refractivity contribution in [2.24, 2.45) is 5.92 Å². The quantitative estimate of drug-likeness (QED) is 0.736. The van der Waals surface area contributed by atoms with Crippen LogP contribution in [0.1, 0.15) is 20.3 Å². The van der Waals surface area contributed by atoms with E-state index in [4.69, 9.17) is 11.6 Å². The Labute approximate surface area is 95.7 Å². The van der Waals surface area contributed by atoms with E-state index in [1.54, 1.807) is 6.08 Å². The lowest BCUT2D eigenvalue weighted by Crippen LogP contribution is -2.27. The van der Waals surface area contributed by atoms with Crippen molar-refractivity contribution in [3.05, 3.63) is 35.4 Å². The fourth-order valence-electron chi connectivity index (χ4n) is 1.69. The lowest BCUT2D eigenvalue weighted by Gasteiger charge is -2.12. The first kappa shape index (κ1) is 12.1. The molecule has 82 valence electrons. The predicted octanol–water partition coefficient (Wildman–Crippen LogP) is 2.77. The first-order chi connectivity index (χ1) is 7.10. The smallest absolute Gasteiger partial charge is 0.223 e. The molecule has 1 amide bonds. The Bertz CT molecular complexity index is 331. The lowest BCUT2D eigenvalue weighted by atomic mass is 10.0. The molecule has 1 fully saturated rings. The highest BCUT2D eigenvalue weighted by atomic mass is 35.5. The van der Waals surface area contributed by atoms with Gasteiger partial charge in [-0.1, -0.05) is 37.3 Å². The van der Waals surface area contributed by atoms with Crippen LogP contribution in [-0.2, 0) is 4.79 Å². The second kappa shape index (κ2) is 5.17. The van der Waals surface area contributed by atoms with E-state index in [0.717, 1.165) is 12.0 Å². The van der Waals surface area contributed by atoms with E-state index >= 15 is 0 Å². The van der Waals surface area contributed by atoms with Crippen LogP contribution in [-0.4, -0.2) is 11.9 Å². The van der Waals surface area contributed by atoms with E-state index in [2.05, 4.69) is 11.9 Å². The Morgan fingerprint density at radius 3 is 2.73 bits per heavy atom. The SMILES string of the molecule is C=C/C(=C(Cl)\C=C/C)[C@@H]1CC(C)C(=O)N1. The largest absolute Gasteiger partial charge is 0.349 e. The molecule has 0 aliphatic carbocycles. The van der Waals surface area contributed by atoms with Gasteiger partial charge in [0.05, 0.1) is 6.04 Å². The van der Waals surface area contributed by atoms with Gasteiger partial charge in [0.2, 0.25) is 5.91 Å². The summed E-state index contributed by atoms with van der Waals surface area (Å²) in [5, 5.41) is 3.55. The van der Waals surface area contributed by atoms with Crippen molar-refractivity contribution in [2.45, 2.75) is 26.3 Å². The maximum atomic E-state index is 11.4. The van der Waals surface area contributed by atoms with Crippen LogP contribution >= 0.6 is 11.6 Å². The third kappa shape index (κ3) is 2.72. The lowest BCUT2D eigenvalue weighted by molar-refractivity contribution is -0.122. The van der Waals surface area contributed by atoms with Gasteiger partial charge in [-0.2, -0.15) is 0 Å². The summed E-state index contributed by atoms with van der Waals surface area (Å²) in [6, 6.07) is 0.00806. The fourth-order valence-corrected chi connectivity index (χ4v) is 2.02. The number of rotatable bonds is 3. The first-order valence-corrected chi connectivity index (χ1v) is 5.43. The maximum Gasteiger partial charge on any atom is 0.223 e. The van der Waals surface area contributed by atoms with Gasteiger partial charge in [0, 0.05) is 11.0 Å². The van der Waals surface area contributed by atoms with E-state index in [0.29, 0.717) is 5.03 Å². The van der Waals surface area contributed by atoms with Crippen LogP contribution in [0.2, 0.25) is 0 Å². The number of hydrogen-bond donors (Lipinski definition) is 1. The number of carbonyl (C=O) groups excluding carboxylic acids is 1. The Morgan fingerprint density at radius 2 is 2.33 bits per heavy atom. The molecule has 0 aromatic rings. The minimum absolute atomic E-state index is 0.00806. The average Bonchev–Trinajstić information content (AvgIpc) is 2.48. The molecule has 2 atom stereocenters. The van der Waals surface area contributed by atoms with Crippen LogP contribution in [0.25, 0.3) is 0 Å². The molecule has 1 aliphatic rings. The molecule has 1 N–H and O–H groups in total. The number of allylic oxidation sites excluding steroid dienone is 3. The van der Waals surface area contributed by atoms with E-state index in [1.165, 1.54) is 0 Å². The molecular formula is C12H16ClNO. The van der Waals surface area contributed by atoms with Crippen molar-refractivity contribution < 1.29 is 4.79 Å². The van der Waals surface area contributed by atoms with Gasteiger partial charge < -0.3 is 5.32 Å². The van der Waals surface area contributed by atoms with E-state index < -0.39 is 0 Å². The number of carbonyl (C=O) groups is 1. The number of nitrogens with one attached hydrogen (secondary N) is 1. The molecule has 1 heterocycles. The highest BCUT2D eigenvalue weighted by Crippen LogP contribution is 2.25. The van der Waals surface area contributed by atoms with Crippen LogP contribution in [0, 0.1) is 5.92 Å². The summed E-state index contributed by atoms with van der Waals surface area (Å²) in [5.74, 6) is 0.143. The summed E-state index contributed by atoms with van der Waals surface area (Å²) >= 11 is 6.09. The number of halogens is 1. The average molecular weight is 226 g/mol. The second-order valence-corrected chi connectivity index (χ2v) is 4.11. The summed E-state index contributed by atoms with van der Waals surface area (Å²) in [6.07, 6.45) is 6.18. The van der Waals surface area contributed by atoms with Crippen molar-refractivity contribution in [1.82, 2.24) is 5.32 Å². The summed E-state index contributed by atoms with van der Waals surface area (Å²) in [7, 11) is 0. The molecule has 1 rings (SSSR count). The van der Waals surface area contributed by atoms with Crippen molar-refractivity contribution >= 4 is 17.5 Å². The van der Waals surface area contributed by atoms with Gasteiger partial charge in [0.15, 0.2) is 0 Å². The Morgan fingerprint density at radius 1 is 1.67 bits per heavy atom. The zero-order valence-electron chi connectivity index (χ0n) is 9.09. The monoisotopic (exact) mass is 225 g/mol. The van der Waals surface area contributed by atoms with Crippen molar-refractivity contribution in [3.63, 3.8) is 0 Å². The van der Waals surface area contributed by atoms with Gasteiger partial charge in [-0.3, -0.25) is 4.79 Å². The molecule has 1 saturated heterocycles. The van der Waals surface area contributed by atoms with Crippen molar-refractivity contribution in [2.75, 3.05) is 0 Å². The zero-order valence-corrected chi connectivity index (χ0v) is 9.84. The van der Waals surface area contributed by atoms with Crippen LogP contribution in [0.3, 0.4) is 0 Å². The van der Waals surface area contributed by atoms with Crippen LogP contribution in [0.15, 0.2) is 35.4 Å². The van der Waals surface area contributed by atoms with Gasteiger partial charge >= 0.3 is 0 Å². The summed E-state index contributed by atoms with van der Waals surface area (Å²) in [5.41, 5.74) is 0.896. The fraction of sp³-hybridized carbons (Fsp3) is 0.417. The highest BCUT2D eigenvalue weighted by Gasteiger charge is 2.30. The van der Waals surface area contributed by atoms with Gasteiger partial charge in [-0.15, -0.1) is 0 Å². The van der Waals surface area contributed by atoms with E-state index in [9.17, 15) is 4.79 Å². The van der Waals surface area contributed by atoms with Gasteiger partial charge in [-0.25, -0.2) is 0 Å². The number of hydrogen-bond acceptors (Lipinski definition) is 1. The first-order valence-electron chi connectivity index (χ1n) is 5.05. The predicted molar refractivity (Wildman–Crippen MR) is 63.6 cm³/mol. The van der Waals surface area contributed by atoms with Gasteiger partial charge in [0.1, 0.15) is 0 Å². The number of amides is 1. The molecule has 0 bridgehead atoms. The summed E-state index contributed by atoms with van der Waals surface area (Å²) in [6.45, 7) is 7.55. The molecule has 1 aliphatic heterocycles. The second-order valence-electron chi connectivity index (χ2n) is 3.71. The molecular weight excluding hydrogens is 210 g/mol. The minimum Gasteiger partial charge on any atom is -0.349 e. The summed E-state index contributed by atoms with van der Waals surface area (Å²) in [4.78, 5) is 11.4. The third-order valence-electron chi connectivity index (χ3n) is 2.54. The Balaban J connectivity index is 2.90. The zero-order chi connectivity index (χ0) is 11.4. The van der Waals surface area contributed by atoms with E-state index in [-0.39, 0.29) is 17.9 Å². The van der Waals surface area contributed by atoms with Crippen molar-refractivity contribution in [3.8, 4) is 0 Å². The normalized spacial score (nSPS) is 27.8. The standard InChI is InChI=1S/C12H16ClNO/c1-4-6-10(13)9(5-2)11-7-8(3)12(15)14-11/h4-6,8,11H,2,7H2,1,3H3,(H,14,15)/b6-4-,10-9-/t8?,11-/m0/s1. The molecule has 0 saturated carbocycles. The third-order valence-corrected chi connectivity index (χ3v) is 2.88. The minimum atomic E-state index is 0.00806. The van der Waals surface area contributed by atoms with E-state index in [1.807, 2.05) is 26.0 Å². The Kier molecular flexibility index (Phi) is 4.15. The molecule has 0 aromatic heterocycles. The van der Waals surface area contributed by atoms with Gasteiger partial charge in [-0.05, 0) is 25.0 Å². The molecule has 0 radical (unpaired) electrons. The topological polar surface area (TPSA) is 29.1 Å². The molecule has 0 aromatic carbocycles. The molecule has 3 heteroatoms. The van der Waals surface area contributed by atoms with Gasteiger partial charge in [0.25, 0.3) is 0 Å². The molecule has 0 spiro atoms. The summed E-state index contributed by atoms with van der Waals surface area (Å²) < 4.78 is 0. The highest BCUT2D eigenvalue weighted by molar-refractivity contribution is 6.31. The molecule has 15 heavy (non-hydrogen) atoms. The van der Waals surface area contributed by atoms with Crippen LogP contribution < -0.4 is 5.32 Å².